The average Bonchev–Trinajstić information content (AvgIpc) is 3.64. The molecule has 2 aromatic carbocycles. The molecule has 1 aliphatic heterocycles. The summed E-state index contributed by atoms with van der Waals surface area (Å²) in [6.07, 6.45) is 0.379. The number of hydrogen-bond acceptors (Lipinski definition) is 5. The molecular weight excluding hydrogens is 434 g/mol. The molecule has 4 rings (SSSR count). The number of ether oxygens (including phenoxy) is 1. The maximum absolute atomic E-state index is 12.6. The highest BCUT2D eigenvalue weighted by atomic mass is 16.6. The fourth-order valence-electron chi connectivity index (χ4n) is 4.04. The Morgan fingerprint density at radius 1 is 0.941 bits per heavy atom. The van der Waals surface area contributed by atoms with Gasteiger partial charge in [0.1, 0.15) is 6.10 Å². The molecule has 3 N–H and O–H groups in total. The molecule has 176 valence electrons. The van der Waals surface area contributed by atoms with Crippen molar-refractivity contribution in [2.75, 3.05) is 19.7 Å². The molecule has 1 aliphatic carbocycles. The summed E-state index contributed by atoms with van der Waals surface area (Å²) in [5, 5.41) is 7.79. The monoisotopic (exact) mass is 461 g/mol. The van der Waals surface area contributed by atoms with Crippen LogP contribution in [0.15, 0.2) is 60.2 Å². The summed E-state index contributed by atoms with van der Waals surface area (Å²) < 4.78 is 5.08. The van der Waals surface area contributed by atoms with Crippen LogP contribution in [0.25, 0.3) is 5.57 Å². The lowest BCUT2D eigenvalue weighted by atomic mass is 10.0. The minimum atomic E-state index is -0.738. The number of ketones is 1. The highest BCUT2D eigenvalue weighted by molar-refractivity contribution is 6.05. The molecular formula is C26H27N3O5. The largest absolute Gasteiger partial charge is 0.365 e. The van der Waals surface area contributed by atoms with Crippen molar-refractivity contribution in [1.29, 1.82) is 0 Å². The zero-order valence-corrected chi connectivity index (χ0v) is 18.9. The van der Waals surface area contributed by atoms with E-state index in [1.165, 1.54) is 0 Å². The number of amides is 3. The highest BCUT2D eigenvalue weighted by Gasteiger charge is 2.37. The number of epoxide rings is 1. The normalized spacial score (nSPS) is 16.9. The predicted octanol–water partition coefficient (Wildman–Crippen LogP) is 0.944. The summed E-state index contributed by atoms with van der Waals surface area (Å²) in [6, 6.07) is 16.4. The van der Waals surface area contributed by atoms with E-state index in [4.69, 9.17) is 4.74 Å². The van der Waals surface area contributed by atoms with Crippen molar-refractivity contribution >= 4 is 29.1 Å². The topological polar surface area (TPSA) is 117 Å². The van der Waals surface area contributed by atoms with Crippen LogP contribution < -0.4 is 16.0 Å². The van der Waals surface area contributed by atoms with Gasteiger partial charge in [-0.2, -0.15) is 0 Å². The average molecular weight is 462 g/mol. The van der Waals surface area contributed by atoms with Crippen molar-refractivity contribution in [3.05, 3.63) is 76.9 Å². The summed E-state index contributed by atoms with van der Waals surface area (Å²) in [6.45, 7) is 1.70. The standard InChI is InChI=1S/C26H27N3O5/c1-16-19-10-6-5-9-18(19)12-20(16)26(33)28-13-23(30)27-14-24(31)29-21(25(32)22-15-34-22)11-17-7-3-2-4-8-17/h2-10,21-22H,11-15H2,1H3,(H,27,30)(H,28,33)(H,29,31). The van der Waals surface area contributed by atoms with E-state index in [1.807, 2.05) is 61.5 Å². The molecule has 8 heteroatoms. The molecule has 0 radical (unpaired) electrons. The van der Waals surface area contributed by atoms with Gasteiger partial charge in [-0.3, -0.25) is 19.2 Å². The molecule has 0 bridgehead atoms. The van der Waals surface area contributed by atoms with Crippen LogP contribution in [-0.2, 0) is 36.8 Å². The number of hydrogen-bond donors (Lipinski definition) is 3. The number of Topliss-reactive ketones (excluding diaryl/α,β-unsaturated/α-hetero) is 1. The van der Waals surface area contributed by atoms with Gasteiger partial charge in [0.2, 0.25) is 17.7 Å². The van der Waals surface area contributed by atoms with Crippen LogP contribution in [0.1, 0.15) is 23.6 Å². The third-order valence-electron chi connectivity index (χ3n) is 5.98. The first kappa shape index (κ1) is 23.4. The molecule has 2 unspecified atom stereocenters. The Hall–Kier alpha value is -3.78. The van der Waals surface area contributed by atoms with Crippen LogP contribution in [0.5, 0.6) is 0 Å². The van der Waals surface area contributed by atoms with Crippen molar-refractivity contribution in [2.24, 2.45) is 0 Å². The number of allylic oxidation sites excluding steroid dienone is 1. The second kappa shape index (κ2) is 10.4. The quantitative estimate of drug-likeness (QED) is 0.456. The predicted molar refractivity (Wildman–Crippen MR) is 126 cm³/mol. The van der Waals surface area contributed by atoms with Crippen LogP contribution in [-0.4, -0.2) is 55.3 Å². The van der Waals surface area contributed by atoms with E-state index in [0.717, 1.165) is 22.3 Å². The lowest BCUT2D eigenvalue weighted by Crippen LogP contribution is -2.49. The minimum Gasteiger partial charge on any atom is -0.365 e. The molecule has 1 saturated heterocycles. The van der Waals surface area contributed by atoms with Crippen molar-refractivity contribution in [3.63, 3.8) is 0 Å². The zero-order valence-electron chi connectivity index (χ0n) is 18.9. The molecule has 2 aliphatic rings. The Morgan fingerprint density at radius 2 is 1.62 bits per heavy atom. The number of fused-ring (bicyclic) bond motifs is 1. The summed E-state index contributed by atoms with van der Waals surface area (Å²) in [5.41, 5.74) is 4.58. The molecule has 3 amide bonds. The highest BCUT2D eigenvalue weighted by Crippen LogP contribution is 2.32. The van der Waals surface area contributed by atoms with Gasteiger partial charge in [0.25, 0.3) is 0 Å². The third-order valence-corrected chi connectivity index (χ3v) is 5.98. The molecule has 0 aromatic heterocycles. The first-order chi connectivity index (χ1) is 16.4. The van der Waals surface area contributed by atoms with Crippen LogP contribution in [0.3, 0.4) is 0 Å². The van der Waals surface area contributed by atoms with Crippen molar-refractivity contribution in [2.45, 2.75) is 31.9 Å². The van der Waals surface area contributed by atoms with E-state index in [0.29, 0.717) is 25.0 Å². The molecule has 2 atom stereocenters. The van der Waals surface area contributed by atoms with Crippen LogP contribution in [0, 0.1) is 0 Å². The van der Waals surface area contributed by atoms with E-state index < -0.39 is 24.0 Å². The first-order valence-corrected chi connectivity index (χ1v) is 11.2. The van der Waals surface area contributed by atoms with Gasteiger partial charge in [-0.05, 0) is 35.6 Å². The van der Waals surface area contributed by atoms with Gasteiger partial charge < -0.3 is 20.7 Å². The molecule has 8 nitrogen and oxygen atoms in total. The SMILES string of the molecule is CC1=C(C(=O)NCC(=O)NCC(=O)NC(Cc2ccccc2)C(=O)C2CO2)Cc2ccccc21. The molecule has 0 spiro atoms. The molecule has 1 heterocycles. The van der Waals surface area contributed by atoms with Crippen LogP contribution >= 0.6 is 0 Å². The van der Waals surface area contributed by atoms with E-state index in [-0.39, 0.29) is 24.8 Å². The Labute approximate surface area is 197 Å². The van der Waals surface area contributed by atoms with E-state index >= 15 is 0 Å². The molecule has 1 fully saturated rings. The first-order valence-electron chi connectivity index (χ1n) is 11.2. The summed E-state index contributed by atoms with van der Waals surface area (Å²) in [4.78, 5) is 49.7. The zero-order chi connectivity index (χ0) is 24.1. The van der Waals surface area contributed by atoms with Gasteiger partial charge in [0.15, 0.2) is 5.78 Å². The second-order valence-corrected chi connectivity index (χ2v) is 8.43. The molecule has 2 aromatic rings. The van der Waals surface area contributed by atoms with Crippen molar-refractivity contribution in [3.8, 4) is 0 Å². The summed E-state index contributed by atoms with van der Waals surface area (Å²) >= 11 is 0. The Morgan fingerprint density at radius 3 is 2.32 bits per heavy atom. The van der Waals surface area contributed by atoms with Crippen LogP contribution in [0.4, 0.5) is 0 Å². The van der Waals surface area contributed by atoms with Gasteiger partial charge in [-0.1, -0.05) is 54.6 Å². The van der Waals surface area contributed by atoms with Gasteiger partial charge >= 0.3 is 0 Å². The Kier molecular flexibility index (Phi) is 7.18. The van der Waals surface area contributed by atoms with E-state index in [2.05, 4.69) is 16.0 Å². The van der Waals surface area contributed by atoms with Crippen molar-refractivity contribution in [1.82, 2.24) is 16.0 Å². The second-order valence-electron chi connectivity index (χ2n) is 8.43. The lowest BCUT2D eigenvalue weighted by molar-refractivity contribution is -0.129. The minimum absolute atomic E-state index is 0.183. The Balaban J connectivity index is 1.24. The van der Waals surface area contributed by atoms with Gasteiger partial charge in [-0.25, -0.2) is 0 Å². The Bertz CT molecular complexity index is 1140. The summed E-state index contributed by atoms with van der Waals surface area (Å²) in [7, 11) is 0. The van der Waals surface area contributed by atoms with Crippen LogP contribution in [0.2, 0.25) is 0 Å². The van der Waals surface area contributed by atoms with E-state index in [9.17, 15) is 19.2 Å². The van der Waals surface area contributed by atoms with Gasteiger partial charge in [0.05, 0.1) is 25.7 Å². The number of benzene rings is 2. The number of carbonyl (C=O) groups is 4. The maximum Gasteiger partial charge on any atom is 0.248 e. The lowest BCUT2D eigenvalue weighted by Gasteiger charge is -2.17. The van der Waals surface area contributed by atoms with Crippen molar-refractivity contribution < 1.29 is 23.9 Å². The number of carbonyl (C=O) groups excluding carboxylic acids is 4. The smallest absolute Gasteiger partial charge is 0.248 e. The summed E-state index contributed by atoms with van der Waals surface area (Å²) in [5.74, 6) is -1.46. The van der Waals surface area contributed by atoms with Gasteiger partial charge in [0, 0.05) is 12.0 Å². The molecule has 0 saturated carbocycles. The number of nitrogens with one attached hydrogen (secondary N) is 3. The van der Waals surface area contributed by atoms with Gasteiger partial charge in [-0.15, -0.1) is 0 Å². The maximum atomic E-state index is 12.6. The van der Waals surface area contributed by atoms with E-state index in [1.54, 1.807) is 0 Å². The third kappa shape index (κ3) is 5.77. The molecule has 34 heavy (non-hydrogen) atoms. The number of rotatable bonds is 10. The fourth-order valence-corrected chi connectivity index (χ4v) is 4.04. The fraction of sp³-hybridized carbons (Fsp3) is 0.308.